The van der Waals surface area contributed by atoms with E-state index in [1.807, 2.05) is 26.0 Å². The Bertz CT molecular complexity index is 1010. The van der Waals surface area contributed by atoms with Gasteiger partial charge in [-0.1, -0.05) is 35.9 Å². The highest BCUT2D eigenvalue weighted by molar-refractivity contribution is 5.91. The fraction of sp³-hybridized carbons (Fsp3) is 0.261. The van der Waals surface area contributed by atoms with Crippen LogP contribution in [0.3, 0.4) is 0 Å². The van der Waals surface area contributed by atoms with Crippen LogP contribution < -0.4 is 15.4 Å². The molecule has 1 aliphatic heterocycles. The van der Waals surface area contributed by atoms with Crippen molar-refractivity contribution < 1.29 is 13.9 Å². The van der Waals surface area contributed by atoms with E-state index in [2.05, 4.69) is 34.9 Å². The second-order valence-electron chi connectivity index (χ2n) is 7.21. The molecule has 0 saturated heterocycles. The van der Waals surface area contributed by atoms with E-state index in [4.69, 9.17) is 9.15 Å². The monoisotopic (exact) mass is 376 g/mol. The van der Waals surface area contributed by atoms with Gasteiger partial charge in [0.25, 0.3) is 5.91 Å². The largest absolute Gasteiger partial charge is 0.485 e. The van der Waals surface area contributed by atoms with Crippen molar-refractivity contribution in [2.45, 2.75) is 40.1 Å². The number of fused-ring (bicyclic) bond motifs is 1. The van der Waals surface area contributed by atoms with Crippen molar-refractivity contribution in [3.63, 3.8) is 0 Å². The van der Waals surface area contributed by atoms with Gasteiger partial charge in [0.15, 0.2) is 5.76 Å². The molecule has 2 heterocycles. The number of nitrogens with one attached hydrogen (secondary N) is 2. The average Bonchev–Trinajstić information content (AvgIpc) is 3.34. The van der Waals surface area contributed by atoms with E-state index >= 15 is 0 Å². The fourth-order valence-electron chi connectivity index (χ4n) is 3.42. The van der Waals surface area contributed by atoms with Gasteiger partial charge in [0.1, 0.15) is 18.1 Å². The molecule has 2 N–H and O–H groups in total. The molecule has 0 fully saturated rings. The summed E-state index contributed by atoms with van der Waals surface area (Å²) in [4.78, 5) is 12.4. The molecule has 0 aliphatic carbocycles. The number of amides is 1. The molecular weight excluding hydrogens is 352 g/mol. The summed E-state index contributed by atoms with van der Waals surface area (Å²) in [5.41, 5.74) is 5.99. The average molecular weight is 376 g/mol. The van der Waals surface area contributed by atoms with Crippen LogP contribution >= 0.6 is 0 Å². The van der Waals surface area contributed by atoms with Crippen molar-refractivity contribution in [3.05, 3.63) is 87.9 Å². The number of benzene rings is 2. The number of aryl methyl sites for hydroxylation is 2. The van der Waals surface area contributed by atoms with Crippen LogP contribution in [0, 0.1) is 13.8 Å². The molecule has 3 aromatic rings. The van der Waals surface area contributed by atoms with Gasteiger partial charge in [-0.25, -0.2) is 0 Å². The first-order chi connectivity index (χ1) is 13.6. The lowest BCUT2D eigenvalue weighted by Crippen LogP contribution is -2.22. The van der Waals surface area contributed by atoms with E-state index in [-0.39, 0.29) is 12.5 Å². The molecule has 5 nitrogen and oxygen atoms in total. The van der Waals surface area contributed by atoms with Crippen molar-refractivity contribution in [3.8, 4) is 5.75 Å². The number of carbonyl (C=O) groups is 1. The number of furan rings is 1. The van der Waals surface area contributed by atoms with Crippen molar-refractivity contribution in [1.29, 1.82) is 0 Å². The predicted molar refractivity (Wildman–Crippen MR) is 107 cm³/mol. The summed E-state index contributed by atoms with van der Waals surface area (Å²) in [6.07, 6.45) is 0. The van der Waals surface area contributed by atoms with Gasteiger partial charge in [0.05, 0.1) is 0 Å². The van der Waals surface area contributed by atoms with Crippen molar-refractivity contribution in [1.82, 2.24) is 10.6 Å². The lowest BCUT2D eigenvalue weighted by atomic mass is 10.1. The van der Waals surface area contributed by atoms with Crippen molar-refractivity contribution in [2.75, 3.05) is 0 Å². The fourth-order valence-corrected chi connectivity index (χ4v) is 3.42. The Labute approximate surface area is 164 Å². The highest BCUT2D eigenvalue weighted by atomic mass is 16.5. The summed E-state index contributed by atoms with van der Waals surface area (Å²) in [5, 5.41) is 6.24. The summed E-state index contributed by atoms with van der Waals surface area (Å²) in [6, 6.07) is 15.8. The summed E-state index contributed by atoms with van der Waals surface area (Å²) in [6.45, 7) is 6.63. The van der Waals surface area contributed by atoms with E-state index < -0.39 is 0 Å². The van der Waals surface area contributed by atoms with Crippen LogP contribution in [0.2, 0.25) is 0 Å². The first-order valence-corrected chi connectivity index (χ1v) is 9.47. The molecule has 0 unspecified atom stereocenters. The zero-order valence-electron chi connectivity index (χ0n) is 16.2. The minimum Gasteiger partial charge on any atom is -0.485 e. The zero-order valence-corrected chi connectivity index (χ0v) is 16.2. The van der Waals surface area contributed by atoms with Gasteiger partial charge in [-0.2, -0.15) is 0 Å². The number of ether oxygens (including phenoxy) is 1. The SMILES string of the molecule is Cc1ccc(OCc2ccc(C(=O)NCc3ccc4c(c3)CNC4)o2)c(C)c1. The van der Waals surface area contributed by atoms with Crippen LogP contribution in [-0.4, -0.2) is 5.91 Å². The quantitative estimate of drug-likeness (QED) is 0.682. The van der Waals surface area contributed by atoms with Crippen molar-refractivity contribution in [2.24, 2.45) is 0 Å². The second kappa shape index (κ2) is 7.90. The molecule has 2 aromatic carbocycles. The maximum Gasteiger partial charge on any atom is 0.287 e. The van der Waals surface area contributed by atoms with Gasteiger partial charge in [-0.05, 0) is 54.3 Å². The van der Waals surface area contributed by atoms with Gasteiger partial charge in [0.2, 0.25) is 0 Å². The molecule has 144 valence electrons. The van der Waals surface area contributed by atoms with Crippen LogP contribution in [0.15, 0.2) is 52.9 Å². The Balaban J connectivity index is 1.32. The molecule has 4 rings (SSSR count). The summed E-state index contributed by atoms with van der Waals surface area (Å²) < 4.78 is 11.5. The van der Waals surface area contributed by atoms with Gasteiger partial charge in [-0.3, -0.25) is 4.79 Å². The Morgan fingerprint density at radius 3 is 2.79 bits per heavy atom. The third-order valence-electron chi connectivity index (χ3n) is 4.94. The lowest BCUT2D eigenvalue weighted by Gasteiger charge is -2.08. The molecule has 5 heteroatoms. The van der Waals surface area contributed by atoms with Gasteiger partial charge < -0.3 is 19.8 Å². The third-order valence-corrected chi connectivity index (χ3v) is 4.94. The molecule has 1 amide bonds. The van der Waals surface area contributed by atoms with E-state index in [1.165, 1.54) is 16.7 Å². The molecule has 0 bridgehead atoms. The molecule has 0 atom stereocenters. The van der Waals surface area contributed by atoms with Crippen LogP contribution in [-0.2, 0) is 26.2 Å². The maximum atomic E-state index is 12.4. The first-order valence-electron chi connectivity index (χ1n) is 9.47. The minimum absolute atomic E-state index is 0.226. The van der Waals surface area contributed by atoms with Crippen LogP contribution in [0.5, 0.6) is 5.75 Å². The molecule has 0 spiro atoms. The molecule has 0 saturated carbocycles. The highest BCUT2D eigenvalue weighted by Gasteiger charge is 2.13. The number of hydrogen-bond acceptors (Lipinski definition) is 4. The van der Waals surface area contributed by atoms with Gasteiger partial charge in [-0.15, -0.1) is 0 Å². The van der Waals surface area contributed by atoms with Crippen LogP contribution in [0.25, 0.3) is 0 Å². The lowest BCUT2D eigenvalue weighted by molar-refractivity contribution is 0.0919. The molecular formula is C23H24N2O3. The summed E-state index contributed by atoms with van der Waals surface area (Å²) in [7, 11) is 0. The normalized spacial score (nSPS) is 12.6. The third kappa shape index (κ3) is 4.10. The first kappa shape index (κ1) is 18.3. The van der Waals surface area contributed by atoms with E-state index in [0.717, 1.165) is 30.0 Å². The van der Waals surface area contributed by atoms with E-state index in [9.17, 15) is 4.79 Å². The zero-order chi connectivity index (χ0) is 19.5. The highest BCUT2D eigenvalue weighted by Crippen LogP contribution is 2.21. The van der Waals surface area contributed by atoms with E-state index in [0.29, 0.717) is 18.1 Å². The summed E-state index contributed by atoms with van der Waals surface area (Å²) >= 11 is 0. The smallest absolute Gasteiger partial charge is 0.287 e. The Morgan fingerprint density at radius 1 is 1.07 bits per heavy atom. The number of hydrogen-bond donors (Lipinski definition) is 2. The number of carbonyl (C=O) groups excluding carboxylic acids is 1. The Hall–Kier alpha value is -3.05. The van der Waals surface area contributed by atoms with Gasteiger partial charge >= 0.3 is 0 Å². The molecule has 0 radical (unpaired) electrons. The van der Waals surface area contributed by atoms with E-state index in [1.54, 1.807) is 12.1 Å². The van der Waals surface area contributed by atoms with Crippen molar-refractivity contribution >= 4 is 5.91 Å². The minimum atomic E-state index is -0.226. The van der Waals surface area contributed by atoms with Gasteiger partial charge in [0, 0.05) is 19.6 Å². The molecule has 1 aliphatic rings. The number of rotatable bonds is 6. The second-order valence-corrected chi connectivity index (χ2v) is 7.21. The van der Waals surface area contributed by atoms with Crippen LogP contribution in [0.1, 0.15) is 44.1 Å². The topological polar surface area (TPSA) is 63.5 Å². The molecule has 1 aromatic heterocycles. The molecule has 28 heavy (non-hydrogen) atoms. The Kier molecular flexibility index (Phi) is 5.17. The maximum absolute atomic E-state index is 12.4. The standard InChI is InChI=1S/C23H24N2O3/c1-15-3-7-21(16(2)9-15)27-14-20-6-8-22(28-20)23(26)25-11-17-4-5-18-12-24-13-19(18)10-17/h3-10,24H,11-14H2,1-2H3,(H,25,26). The Morgan fingerprint density at radius 2 is 1.93 bits per heavy atom. The van der Waals surface area contributed by atoms with Crippen LogP contribution in [0.4, 0.5) is 0 Å². The predicted octanol–water partition coefficient (Wildman–Crippen LogP) is 4.01. The summed E-state index contributed by atoms with van der Waals surface area (Å²) in [5.74, 6) is 1.51.